The summed E-state index contributed by atoms with van der Waals surface area (Å²) in [5.74, 6) is 2.11. The smallest absolute Gasteiger partial charge is 0.212 e. The number of anilines is 1. The van der Waals surface area contributed by atoms with Crippen molar-refractivity contribution in [2.24, 2.45) is 5.92 Å². The molecule has 0 amide bonds. The number of piperidine rings is 3. The maximum atomic E-state index is 6.17. The van der Waals surface area contributed by atoms with Gasteiger partial charge < -0.3 is 14.6 Å². The number of hydrogen-bond donors (Lipinski definition) is 1. The van der Waals surface area contributed by atoms with Crippen LogP contribution in [0.3, 0.4) is 0 Å². The number of halogens is 1. The van der Waals surface area contributed by atoms with Crippen LogP contribution in [0.25, 0.3) is 11.0 Å². The highest BCUT2D eigenvalue weighted by atomic mass is 35.5. The number of fused-ring (bicyclic) bond motifs is 3. The summed E-state index contributed by atoms with van der Waals surface area (Å²) >= 11 is 6.17. The van der Waals surface area contributed by atoms with E-state index in [2.05, 4.69) is 15.4 Å². The van der Waals surface area contributed by atoms with E-state index >= 15 is 0 Å². The summed E-state index contributed by atoms with van der Waals surface area (Å²) < 4.78 is 10.9. The Hall–Kier alpha value is -1.46. The standard InChI is InChI=1S/C17H20ClN3O2/c1-22-14-12(18)3-2-11-13(14)23-20-16(11)19-15-10-4-8-21(9-5-10)17(15)6-7-17/h2-3,10,15H,4-9H2,1H3,(H,19,20)/t15-/m1/s1. The molecule has 3 aliphatic heterocycles. The van der Waals surface area contributed by atoms with Crippen molar-refractivity contribution in [2.45, 2.75) is 37.3 Å². The van der Waals surface area contributed by atoms with Crippen LogP contribution in [0.5, 0.6) is 5.75 Å². The van der Waals surface area contributed by atoms with Gasteiger partial charge in [0.25, 0.3) is 0 Å². The van der Waals surface area contributed by atoms with Crippen molar-refractivity contribution in [3.05, 3.63) is 17.2 Å². The van der Waals surface area contributed by atoms with Crippen LogP contribution in [0.2, 0.25) is 5.02 Å². The molecule has 23 heavy (non-hydrogen) atoms. The molecule has 4 heterocycles. The van der Waals surface area contributed by atoms with Gasteiger partial charge in [0, 0.05) is 11.6 Å². The van der Waals surface area contributed by atoms with Gasteiger partial charge in [-0.3, -0.25) is 4.90 Å². The molecule has 0 unspecified atom stereocenters. The Bertz CT molecular complexity index is 763. The van der Waals surface area contributed by atoms with Crippen LogP contribution in [0.4, 0.5) is 5.82 Å². The zero-order valence-electron chi connectivity index (χ0n) is 13.1. The lowest BCUT2D eigenvalue weighted by Gasteiger charge is -2.52. The van der Waals surface area contributed by atoms with Crippen LogP contribution < -0.4 is 10.1 Å². The lowest BCUT2D eigenvalue weighted by Crippen LogP contribution is -2.62. The van der Waals surface area contributed by atoms with E-state index in [9.17, 15) is 0 Å². The van der Waals surface area contributed by atoms with Gasteiger partial charge in [-0.05, 0) is 56.8 Å². The first-order valence-corrected chi connectivity index (χ1v) is 8.74. The Morgan fingerprint density at radius 3 is 2.83 bits per heavy atom. The van der Waals surface area contributed by atoms with Crippen molar-refractivity contribution < 1.29 is 9.26 Å². The molecule has 6 rings (SSSR count). The molecule has 1 saturated carbocycles. The molecule has 2 aromatic rings. The minimum absolute atomic E-state index is 0.364. The molecule has 122 valence electrons. The third-order valence-corrected chi connectivity index (χ3v) is 6.32. The normalized spacial score (nSPS) is 30.8. The zero-order valence-corrected chi connectivity index (χ0v) is 13.9. The van der Waals surface area contributed by atoms with E-state index in [4.69, 9.17) is 20.9 Å². The molecule has 1 N–H and O–H groups in total. The molecule has 1 aromatic heterocycles. The van der Waals surface area contributed by atoms with E-state index in [1.165, 1.54) is 38.8 Å². The summed E-state index contributed by atoms with van der Waals surface area (Å²) in [5.41, 5.74) is 0.983. The number of nitrogens with zero attached hydrogens (tertiary/aromatic N) is 2. The van der Waals surface area contributed by atoms with Gasteiger partial charge in [-0.1, -0.05) is 16.8 Å². The van der Waals surface area contributed by atoms with Crippen molar-refractivity contribution in [1.29, 1.82) is 0 Å². The number of aromatic nitrogens is 1. The van der Waals surface area contributed by atoms with Gasteiger partial charge in [0.2, 0.25) is 5.58 Å². The van der Waals surface area contributed by atoms with E-state index in [1.54, 1.807) is 7.11 Å². The number of ether oxygens (including phenoxy) is 1. The lowest BCUT2D eigenvalue weighted by atomic mass is 9.77. The summed E-state index contributed by atoms with van der Waals surface area (Å²) in [7, 11) is 1.60. The third-order valence-electron chi connectivity index (χ3n) is 6.03. The summed E-state index contributed by atoms with van der Waals surface area (Å²) in [6.45, 7) is 2.51. The van der Waals surface area contributed by atoms with Crippen LogP contribution in [0.15, 0.2) is 16.7 Å². The van der Waals surface area contributed by atoms with Crippen molar-refractivity contribution in [2.75, 3.05) is 25.5 Å². The van der Waals surface area contributed by atoms with Gasteiger partial charge in [0.1, 0.15) is 0 Å². The Balaban J connectivity index is 1.52. The fourth-order valence-electron chi connectivity index (χ4n) is 4.72. The van der Waals surface area contributed by atoms with Crippen LogP contribution in [0.1, 0.15) is 25.7 Å². The molecule has 1 aromatic carbocycles. The predicted molar refractivity (Wildman–Crippen MR) is 89.2 cm³/mol. The molecule has 0 radical (unpaired) electrons. The average molecular weight is 334 g/mol. The molecule has 4 fully saturated rings. The monoisotopic (exact) mass is 333 g/mol. The Kier molecular flexibility index (Phi) is 2.89. The van der Waals surface area contributed by atoms with E-state index in [0.29, 0.717) is 27.9 Å². The number of methoxy groups -OCH3 is 1. The van der Waals surface area contributed by atoms with Crippen molar-refractivity contribution in [1.82, 2.24) is 10.1 Å². The average Bonchev–Trinajstić information content (AvgIpc) is 3.25. The van der Waals surface area contributed by atoms with E-state index in [-0.39, 0.29) is 0 Å². The van der Waals surface area contributed by atoms with Gasteiger partial charge >= 0.3 is 0 Å². The summed E-state index contributed by atoms with van der Waals surface area (Å²) in [6, 6.07) is 4.27. The van der Waals surface area contributed by atoms with Gasteiger partial charge in [0.15, 0.2) is 11.6 Å². The fraction of sp³-hybridized carbons (Fsp3) is 0.588. The third kappa shape index (κ3) is 1.86. The minimum atomic E-state index is 0.364. The van der Waals surface area contributed by atoms with E-state index in [0.717, 1.165) is 17.1 Å². The molecule has 2 bridgehead atoms. The number of benzene rings is 1. The molecular formula is C17H20ClN3O2. The van der Waals surface area contributed by atoms with E-state index in [1.807, 2.05) is 12.1 Å². The first-order valence-electron chi connectivity index (χ1n) is 8.36. The SMILES string of the molecule is COc1c(Cl)ccc2c(N[C@@H]3C4CCN(CC4)C34CC4)noc12. The molecular weight excluding hydrogens is 314 g/mol. The molecule has 5 nitrogen and oxygen atoms in total. The number of rotatable bonds is 3. The quantitative estimate of drug-likeness (QED) is 0.931. The predicted octanol–water partition coefficient (Wildman–Crippen LogP) is 3.53. The van der Waals surface area contributed by atoms with Gasteiger partial charge in [-0.2, -0.15) is 0 Å². The highest BCUT2D eigenvalue weighted by Crippen LogP contribution is 2.54. The molecule has 1 aliphatic carbocycles. The molecule has 1 atom stereocenters. The van der Waals surface area contributed by atoms with Gasteiger partial charge in [-0.15, -0.1) is 0 Å². The first kappa shape index (κ1) is 13.9. The highest BCUT2D eigenvalue weighted by molar-refractivity contribution is 6.33. The van der Waals surface area contributed by atoms with Crippen LogP contribution in [-0.2, 0) is 0 Å². The number of nitrogens with one attached hydrogen (secondary N) is 1. The molecule has 4 aliphatic rings. The maximum Gasteiger partial charge on any atom is 0.212 e. The molecule has 6 heteroatoms. The topological polar surface area (TPSA) is 50.5 Å². The minimum Gasteiger partial charge on any atom is -0.491 e. The number of hydrogen-bond acceptors (Lipinski definition) is 5. The lowest BCUT2D eigenvalue weighted by molar-refractivity contribution is 0.0202. The van der Waals surface area contributed by atoms with Gasteiger partial charge in [0.05, 0.1) is 17.5 Å². The Morgan fingerprint density at radius 2 is 2.13 bits per heavy atom. The summed E-state index contributed by atoms with van der Waals surface area (Å²) in [6.07, 6.45) is 5.16. The van der Waals surface area contributed by atoms with Crippen LogP contribution >= 0.6 is 11.6 Å². The van der Waals surface area contributed by atoms with Crippen LogP contribution in [-0.4, -0.2) is 41.8 Å². The largest absolute Gasteiger partial charge is 0.491 e. The molecule has 3 saturated heterocycles. The second-order valence-corrected chi connectivity index (χ2v) is 7.45. The summed E-state index contributed by atoms with van der Waals surface area (Å²) in [4.78, 5) is 2.68. The van der Waals surface area contributed by atoms with E-state index < -0.39 is 0 Å². The fourth-order valence-corrected chi connectivity index (χ4v) is 4.94. The Labute approximate surface area is 139 Å². The molecule has 1 spiro atoms. The van der Waals surface area contributed by atoms with Crippen molar-refractivity contribution in [3.8, 4) is 5.75 Å². The Morgan fingerprint density at radius 1 is 1.35 bits per heavy atom. The van der Waals surface area contributed by atoms with Crippen molar-refractivity contribution in [3.63, 3.8) is 0 Å². The summed E-state index contributed by atoms with van der Waals surface area (Å²) in [5, 5.41) is 9.48. The second-order valence-electron chi connectivity index (χ2n) is 7.04. The second kappa shape index (κ2) is 4.77. The zero-order chi connectivity index (χ0) is 15.6. The highest BCUT2D eigenvalue weighted by Gasteiger charge is 2.60. The first-order chi connectivity index (χ1) is 11.2. The van der Waals surface area contributed by atoms with Crippen molar-refractivity contribution >= 4 is 28.4 Å². The maximum absolute atomic E-state index is 6.17. The van der Waals surface area contributed by atoms with Gasteiger partial charge in [-0.25, -0.2) is 0 Å². The van der Waals surface area contributed by atoms with Crippen LogP contribution in [0, 0.1) is 5.92 Å².